The second-order valence-corrected chi connectivity index (χ2v) is 7.31. The Morgan fingerprint density at radius 1 is 1.15 bits per heavy atom. The van der Waals surface area contributed by atoms with Crippen LogP contribution in [0.25, 0.3) is 0 Å². The Labute approximate surface area is 193 Å². The molecular formula is C22H19F4N5OS. The summed E-state index contributed by atoms with van der Waals surface area (Å²) in [6.45, 7) is 1.29. The lowest BCUT2D eigenvalue weighted by Crippen LogP contribution is -2.43. The maximum Gasteiger partial charge on any atom is 0.416 e. The van der Waals surface area contributed by atoms with E-state index in [-0.39, 0.29) is 43.2 Å². The van der Waals surface area contributed by atoms with Crippen molar-refractivity contribution in [3.63, 3.8) is 0 Å². The van der Waals surface area contributed by atoms with Gasteiger partial charge in [-0.05, 0) is 37.3 Å². The zero-order chi connectivity index (χ0) is 23.0. The number of hydrogen-bond acceptors (Lipinski definition) is 4. The molecule has 3 aromatic rings. The molecule has 0 bridgehead atoms. The van der Waals surface area contributed by atoms with Gasteiger partial charge in [-0.1, -0.05) is 11.8 Å². The fourth-order valence-electron chi connectivity index (χ4n) is 3.48. The van der Waals surface area contributed by atoms with Crippen LogP contribution < -0.4 is 10.6 Å². The second kappa shape index (κ2) is 9.15. The highest BCUT2D eigenvalue weighted by Gasteiger charge is 2.34. The van der Waals surface area contributed by atoms with Crippen LogP contribution in [0.4, 0.5) is 29.1 Å². The average Bonchev–Trinajstić information content (AvgIpc) is 3.20. The van der Waals surface area contributed by atoms with Gasteiger partial charge in [0.25, 0.3) is 5.91 Å². The van der Waals surface area contributed by atoms with Crippen molar-refractivity contribution in [3.05, 3.63) is 70.7 Å². The quantitative estimate of drug-likeness (QED) is 0.447. The van der Waals surface area contributed by atoms with Gasteiger partial charge in [0.15, 0.2) is 0 Å². The van der Waals surface area contributed by atoms with Gasteiger partial charge in [0.1, 0.15) is 18.2 Å². The van der Waals surface area contributed by atoms with Crippen LogP contribution in [0, 0.1) is 11.8 Å². The number of fused-ring (bicyclic) bond motifs is 1. The molecule has 1 amide bonds. The first-order valence-corrected chi connectivity index (χ1v) is 9.58. The molecule has 0 saturated carbocycles. The number of pyridine rings is 1. The van der Waals surface area contributed by atoms with Gasteiger partial charge in [-0.15, -0.1) is 0 Å². The van der Waals surface area contributed by atoms with Crippen LogP contribution in [0.2, 0.25) is 0 Å². The van der Waals surface area contributed by atoms with Crippen LogP contribution in [0.3, 0.4) is 0 Å². The van der Waals surface area contributed by atoms with E-state index in [1.165, 1.54) is 40.2 Å². The predicted molar refractivity (Wildman–Crippen MR) is 120 cm³/mol. The lowest BCUT2D eigenvalue weighted by atomic mass is 10.1. The topological polar surface area (TPSA) is 77.0 Å². The summed E-state index contributed by atoms with van der Waals surface area (Å²) >= 11 is 0. The van der Waals surface area contributed by atoms with Crippen molar-refractivity contribution in [2.75, 3.05) is 17.2 Å². The minimum atomic E-state index is -4.46. The highest BCUT2D eigenvalue weighted by atomic mass is 32.1. The lowest BCUT2D eigenvalue weighted by molar-refractivity contribution is -0.137. The van der Waals surface area contributed by atoms with Gasteiger partial charge in [-0.25, -0.2) is 9.37 Å². The van der Waals surface area contributed by atoms with E-state index in [0.29, 0.717) is 16.8 Å². The number of nitrogen functional groups attached to an aromatic ring is 1. The molecule has 1 atom stereocenters. The number of benzene rings is 1. The van der Waals surface area contributed by atoms with Gasteiger partial charge in [0.2, 0.25) is 0 Å². The Bertz CT molecular complexity index is 1240. The minimum absolute atomic E-state index is 0. The Hall–Kier alpha value is -3.52. The standard InChI is InChI=1S/C22H17F4N5O.H2S/c1-13-12-30(18-6-4-17(5-7-18)22(24,25)26)21(32)20-15(11-29-31(13)20)3-2-14-10-28-19(27)8-16(14)9-23;/h4-8,10-11,13H,9,12H2,1H3,(H2,27,28);1H2/t13-;/m0./s1/i23-1;. The molecule has 0 aliphatic carbocycles. The Kier molecular flexibility index (Phi) is 6.69. The smallest absolute Gasteiger partial charge is 0.384 e. The number of halogens is 4. The zero-order valence-electron chi connectivity index (χ0n) is 17.3. The minimum Gasteiger partial charge on any atom is -0.384 e. The molecule has 0 fully saturated rings. The van der Waals surface area contributed by atoms with Crippen LogP contribution in [0.15, 0.2) is 42.7 Å². The fourth-order valence-corrected chi connectivity index (χ4v) is 3.48. The molecule has 172 valence electrons. The highest BCUT2D eigenvalue weighted by Crippen LogP contribution is 2.32. The molecule has 0 radical (unpaired) electrons. The van der Waals surface area contributed by atoms with Crippen LogP contribution in [0.1, 0.15) is 45.7 Å². The number of rotatable bonds is 2. The van der Waals surface area contributed by atoms with E-state index in [0.717, 1.165) is 12.1 Å². The summed E-state index contributed by atoms with van der Waals surface area (Å²) in [5.41, 5.74) is 6.25. The maximum atomic E-state index is 13.3. The van der Waals surface area contributed by atoms with Crippen LogP contribution in [0.5, 0.6) is 0 Å². The Morgan fingerprint density at radius 3 is 2.45 bits per heavy atom. The summed E-state index contributed by atoms with van der Waals surface area (Å²) < 4.78 is 53.4. The van der Waals surface area contributed by atoms with Crippen LogP contribution in [-0.2, 0) is 12.9 Å². The first-order chi connectivity index (χ1) is 15.2. The first-order valence-electron chi connectivity index (χ1n) is 9.58. The molecule has 11 heteroatoms. The summed E-state index contributed by atoms with van der Waals surface area (Å²) in [5.74, 6) is 5.37. The first kappa shape index (κ1) is 24.1. The van der Waals surface area contributed by atoms with Crippen molar-refractivity contribution in [1.82, 2.24) is 14.8 Å². The van der Waals surface area contributed by atoms with E-state index < -0.39 is 24.3 Å². The third-order valence-electron chi connectivity index (χ3n) is 5.10. The van der Waals surface area contributed by atoms with Crippen LogP contribution >= 0.6 is 13.5 Å². The number of amides is 1. The van der Waals surface area contributed by atoms with E-state index in [1.807, 2.05) is 6.92 Å². The third-order valence-corrected chi connectivity index (χ3v) is 5.10. The monoisotopic (exact) mass is 476 g/mol. The third kappa shape index (κ3) is 4.66. The average molecular weight is 476 g/mol. The molecule has 1 aliphatic rings. The van der Waals surface area contributed by atoms with Crippen molar-refractivity contribution in [3.8, 4) is 11.8 Å². The molecule has 0 saturated heterocycles. The number of anilines is 2. The number of aromatic nitrogens is 3. The molecule has 2 aromatic heterocycles. The Balaban J connectivity index is 0.00000306. The number of carbonyl (C=O) groups excluding carboxylic acids is 1. The van der Waals surface area contributed by atoms with Gasteiger partial charge < -0.3 is 10.6 Å². The van der Waals surface area contributed by atoms with Crippen molar-refractivity contribution in [2.24, 2.45) is 0 Å². The van der Waals surface area contributed by atoms with E-state index >= 15 is 0 Å². The summed E-state index contributed by atoms with van der Waals surface area (Å²) in [4.78, 5) is 18.5. The SMILES string of the molecule is C[C@H]1CN(c2ccc(C(F)(F)F)cc2)C(=O)c2c(C#Cc3cnc(N)cc3C[18F])cnn21.S. The largest absolute Gasteiger partial charge is 0.416 e. The van der Waals surface area contributed by atoms with Gasteiger partial charge >= 0.3 is 6.18 Å². The van der Waals surface area contributed by atoms with E-state index in [9.17, 15) is 22.4 Å². The molecule has 0 spiro atoms. The van der Waals surface area contributed by atoms with Crippen molar-refractivity contribution < 1.29 is 22.4 Å². The number of carbonyl (C=O) groups is 1. The van der Waals surface area contributed by atoms with Crippen LogP contribution in [-0.4, -0.2) is 27.2 Å². The van der Waals surface area contributed by atoms with E-state index in [4.69, 9.17) is 5.73 Å². The van der Waals surface area contributed by atoms with Gasteiger partial charge in [0, 0.05) is 29.6 Å². The molecule has 4 rings (SSSR count). The van der Waals surface area contributed by atoms with Crippen molar-refractivity contribution in [2.45, 2.75) is 25.8 Å². The Morgan fingerprint density at radius 2 is 1.82 bits per heavy atom. The summed E-state index contributed by atoms with van der Waals surface area (Å²) in [7, 11) is 0. The van der Waals surface area contributed by atoms with Crippen molar-refractivity contribution in [1.29, 1.82) is 0 Å². The van der Waals surface area contributed by atoms with Gasteiger partial charge in [-0.3, -0.25) is 9.48 Å². The van der Waals surface area contributed by atoms with Crippen molar-refractivity contribution >= 4 is 30.9 Å². The maximum absolute atomic E-state index is 13.3. The van der Waals surface area contributed by atoms with Gasteiger partial charge in [0.05, 0.1) is 23.4 Å². The summed E-state index contributed by atoms with van der Waals surface area (Å²) in [6, 6.07) is 5.55. The second-order valence-electron chi connectivity index (χ2n) is 7.31. The number of nitrogens with zero attached hydrogens (tertiary/aromatic N) is 4. The van der Waals surface area contributed by atoms with E-state index in [1.54, 1.807) is 0 Å². The molecule has 1 aliphatic heterocycles. The lowest BCUT2D eigenvalue weighted by Gasteiger charge is -2.32. The molecule has 0 unspecified atom stereocenters. The number of hydrogen-bond donors (Lipinski definition) is 1. The fraction of sp³-hybridized carbons (Fsp3) is 0.227. The molecule has 33 heavy (non-hydrogen) atoms. The number of alkyl halides is 4. The predicted octanol–water partition coefficient (Wildman–Crippen LogP) is 4.08. The van der Waals surface area contributed by atoms with E-state index in [2.05, 4.69) is 21.9 Å². The van der Waals surface area contributed by atoms with Gasteiger partial charge in [-0.2, -0.15) is 31.8 Å². The number of nitrogens with two attached hydrogens (primary N) is 1. The summed E-state index contributed by atoms with van der Waals surface area (Å²) in [6.07, 6.45) is -1.67. The summed E-state index contributed by atoms with van der Waals surface area (Å²) in [5, 5.41) is 4.24. The molecule has 6 nitrogen and oxygen atoms in total. The molecule has 1 aromatic carbocycles. The zero-order valence-corrected chi connectivity index (χ0v) is 18.3. The molecule has 2 N–H and O–H groups in total. The molecular weight excluding hydrogens is 457 g/mol. The highest BCUT2D eigenvalue weighted by molar-refractivity contribution is 7.59. The normalized spacial score (nSPS) is 15.4. The molecule has 3 heterocycles.